The van der Waals surface area contributed by atoms with Crippen molar-refractivity contribution >= 4 is 39.1 Å². The zero-order valence-corrected chi connectivity index (χ0v) is 26.1. The van der Waals surface area contributed by atoms with Crippen LogP contribution < -0.4 is 9.62 Å². The molecule has 1 N–H and O–H groups in total. The first-order valence-electron chi connectivity index (χ1n) is 14.4. The summed E-state index contributed by atoms with van der Waals surface area (Å²) in [6.45, 7) is 2.76. The Morgan fingerprint density at radius 2 is 1.64 bits per heavy atom. The Hall–Kier alpha value is -3.57. The maximum absolute atomic E-state index is 14.2. The number of carbonyl (C=O) groups excluding carboxylic acids is 2. The topological polar surface area (TPSA) is 86.8 Å². The molecule has 0 bridgehead atoms. The van der Waals surface area contributed by atoms with Crippen LogP contribution in [0.1, 0.15) is 55.7 Å². The van der Waals surface area contributed by atoms with Crippen LogP contribution in [-0.4, -0.2) is 43.8 Å². The minimum atomic E-state index is -4.87. The Labute approximate surface area is 261 Å². The molecule has 7 nitrogen and oxygen atoms in total. The zero-order chi connectivity index (χ0) is 32.1. The predicted molar refractivity (Wildman–Crippen MR) is 164 cm³/mol. The van der Waals surface area contributed by atoms with Gasteiger partial charge in [-0.05, 0) is 67.6 Å². The van der Waals surface area contributed by atoms with Crippen LogP contribution >= 0.6 is 11.6 Å². The first-order valence-corrected chi connectivity index (χ1v) is 16.2. The average Bonchev–Trinajstić information content (AvgIpc) is 3.50. The van der Waals surface area contributed by atoms with Gasteiger partial charge in [-0.25, -0.2) is 8.42 Å². The van der Waals surface area contributed by atoms with Crippen molar-refractivity contribution in [1.82, 2.24) is 10.2 Å². The van der Waals surface area contributed by atoms with Crippen molar-refractivity contribution in [2.45, 2.75) is 75.7 Å². The number of hydrogen-bond donors (Lipinski definition) is 1. The fourth-order valence-electron chi connectivity index (χ4n) is 5.39. The Balaban J connectivity index is 1.78. The lowest BCUT2D eigenvalue weighted by Gasteiger charge is -2.34. The summed E-state index contributed by atoms with van der Waals surface area (Å²) in [4.78, 5) is 28.8. The third kappa shape index (κ3) is 7.74. The molecule has 0 saturated heterocycles. The van der Waals surface area contributed by atoms with E-state index in [9.17, 15) is 31.2 Å². The van der Waals surface area contributed by atoms with Crippen LogP contribution in [0.3, 0.4) is 0 Å². The molecule has 0 spiro atoms. The van der Waals surface area contributed by atoms with Crippen molar-refractivity contribution in [3.8, 4) is 0 Å². The Bertz CT molecular complexity index is 1580. The molecule has 4 rings (SSSR count). The minimum Gasteiger partial charge on any atom is -0.352 e. The fraction of sp³-hybridized carbons (Fsp3) is 0.375. The highest BCUT2D eigenvalue weighted by molar-refractivity contribution is 7.92. The number of rotatable bonds is 11. The number of nitrogens with zero attached hydrogens (tertiary/aromatic N) is 2. The van der Waals surface area contributed by atoms with E-state index in [-0.39, 0.29) is 29.8 Å². The van der Waals surface area contributed by atoms with Gasteiger partial charge in [-0.1, -0.05) is 73.8 Å². The number of sulfonamides is 1. The Morgan fingerprint density at radius 3 is 2.25 bits per heavy atom. The van der Waals surface area contributed by atoms with E-state index in [0.29, 0.717) is 10.4 Å². The molecule has 44 heavy (non-hydrogen) atoms. The molecule has 2 amide bonds. The van der Waals surface area contributed by atoms with E-state index < -0.39 is 51.0 Å². The van der Waals surface area contributed by atoms with Crippen LogP contribution in [0.2, 0.25) is 5.02 Å². The molecule has 0 radical (unpaired) electrons. The van der Waals surface area contributed by atoms with Crippen molar-refractivity contribution in [3.05, 3.63) is 94.5 Å². The normalized spacial score (nSPS) is 14.7. The number of benzene rings is 3. The lowest BCUT2D eigenvalue weighted by molar-refractivity contribution is -0.140. The standard InChI is InChI=1S/C32H35ClF3N3O4S/c1-3-29(31(41)37-24-13-9-10-14-24)38(20-23-12-8-7-11-22(23)2)30(40)21-39(44(42,43)26-15-5-4-6-16-26)25-17-18-28(33)27(19-25)32(34,35)36/h4-8,11-12,15-19,24,29H,3,9-10,13-14,20-21H2,1-2H3,(H,37,41). The molecular formula is C32H35ClF3N3O4S. The van der Waals surface area contributed by atoms with E-state index in [1.807, 2.05) is 25.1 Å². The number of nitrogens with one attached hydrogen (secondary N) is 1. The van der Waals surface area contributed by atoms with E-state index in [4.69, 9.17) is 11.6 Å². The summed E-state index contributed by atoms with van der Waals surface area (Å²) in [7, 11) is -4.54. The minimum absolute atomic E-state index is 0.00422. The summed E-state index contributed by atoms with van der Waals surface area (Å²) < 4.78 is 69.9. The first kappa shape index (κ1) is 33.3. The molecule has 12 heteroatoms. The van der Waals surface area contributed by atoms with Gasteiger partial charge in [0.15, 0.2) is 0 Å². The van der Waals surface area contributed by atoms with Crippen molar-refractivity contribution in [3.63, 3.8) is 0 Å². The van der Waals surface area contributed by atoms with Gasteiger partial charge in [0.2, 0.25) is 11.8 Å². The molecule has 1 fully saturated rings. The number of halogens is 4. The maximum Gasteiger partial charge on any atom is 0.417 e. The van der Waals surface area contributed by atoms with Crippen LogP contribution in [0.15, 0.2) is 77.7 Å². The van der Waals surface area contributed by atoms with Crippen molar-refractivity contribution in [1.29, 1.82) is 0 Å². The number of amides is 2. The summed E-state index contributed by atoms with van der Waals surface area (Å²) in [5.74, 6) is -1.10. The van der Waals surface area contributed by atoms with Crippen molar-refractivity contribution in [2.75, 3.05) is 10.8 Å². The van der Waals surface area contributed by atoms with E-state index in [1.54, 1.807) is 19.1 Å². The second-order valence-corrected chi connectivity index (χ2v) is 13.1. The molecule has 1 aliphatic rings. The SMILES string of the molecule is CCC(C(=O)NC1CCCC1)N(Cc1ccccc1C)C(=O)CN(c1ccc(Cl)c(C(F)(F)F)c1)S(=O)(=O)c1ccccc1. The lowest BCUT2D eigenvalue weighted by Crippen LogP contribution is -2.53. The summed E-state index contributed by atoms with van der Waals surface area (Å²) in [6.07, 6.45) is -1.01. The van der Waals surface area contributed by atoms with Crippen LogP contribution in [0.25, 0.3) is 0 Å². The number of aryl methyl sites for hydroxylation is 1. The Kier molecular flexibility index (Phi) is 10.6. The molecule has 3 aromatic carbocycles. The number of alkyl halides is 3. The molecular weight excluding hydrogens is 615 g/mol. The van der Waals surface area contributed by atoms with Crippen molar-refractivity contribution in [2.24, 2.45) is 0 Å². The molecule has 236 valence electrons. The highest BCUT2D eigenvalue weighted by atomic mass is 35.5. The summed E-state index contributed by atoms with van der Waals surface area (Å²) in [5, 5.41) is 2.42. The molecule has 0 heterocycles. The molecule has 1 atom stereocenters. The van der Waals surface area contributed by atoms with E-state index in [1.165, 1.54) is 29.2 Å². The number of carbonyl (C=O) groups is 2. The number of anilines is 1. The monoisotopic (exact) mass is 649 g/mol. The predicted octanol–water partition coefficient (Wildman–Crippen LogP) is 6.73. The van der Waals surface area contributed by atoms with E-state index in [2.05, 4.69) is 5.32 Å². The lowest BCUT2D eigenvalue weighted by atomic mass is 10.1. The molecule has 3 aromatic rings. The van der Waals surface area contributed by atoms with Gasteiger partial charge < -0.3 is 10.2 Å². The van der Waals surface area contributed by atoms with Crippen LogP contribution in [0, 0.1) is 6.92 Å². The molecule has 1 saturated carbocycles. The maximum atomic E-state index is 14.2. The second kappa shape index (κ2) is 14.0. The van der Waals surface area contributed by atoms with Gasteiger partial charge in [0.1, 0.15) is 12.6 Å². The summed E-state index contributed by atoms with van der Waals surface area (Å²) >= 11 is 5.84. The average molecular weight is 650 g/mol. The second-order valence-electron chi connectivity index (χ2n) is 10.8. The largest absolute Gasteiger partial charge is 0.417 e. The van der Waals surface area contributed by atoms with E-state index in [0.717, 1.165) is 48.9 Å². The summed E-state index contributed by atoms with van der Waals surface area (Å²) in [6, 6.07) is 16.2. The fourth-order valence-corrected chi connectivity index (χ4v) is 7.04. The molecule has 1 unspecified atom stereocenters. The molecule has 0 aliphatic heterocycles. The summed E-state index contributed by atoms with van der Waals surface area (Å²) in [5.41, 5.74) is -0.0244. The van der Waals surface area contributed by atoms with Gasteiger partial charge in [-0.2, -0.15) is 13.2 Å². The number of hydrogen-bond acceptors (Lipinski definition) is 4. The van der Waals surface area contributed by atoms with Crippen LogP contribution in [0.4, 0.5) is 18.9 Å². The van der Waals surface area contributed by atoms with Crippen molar-refractivity contribution < 1.29 is 31.2 Å². The quantitative estimate of drug-likeness (QED) is 0.250. The van der Waals surface area contributed by atoms with Gasteiger partial charge in [-0.15, -0.1) is 0 Å². The highest BCUT2D eigenvalue weighted by Gasteiger charge is 2.37. The van der Waals surface area contributed by atoms with Gasteiger partial charge in [0.05, 0.1) is 21.2 Å². The molecule has 1 aliphatic carbocycles. The van der Waals surface area contributed by atoms with E-state index >= 15 is 0 Å². The van der Waals surface area contributed by atoms with Gasteiger partial charge in [0, 0.05) is 12.6 Å². The van der Waals surface area contributed by atoms with Crippen LogP contribution in [0.5, 0.6) is 0 Å². The highest BCUT2D eigenvalue weighted by Crippen LogP contribution is 2.38. The van der Waals surface area contributed by atoms with Crippen LogP contribution in [-0.2, 0) is 32.3 Å². The Morgan fingerprint density at radius 1 is 1.00 bits per heavy atom. The molecule has 0 aromatic heterocycles. The third-order valence-corrected chi connectivity index (χ3v) is 9.96. The smallest absolute Gasteiger partial charge is 0.352 e. The third-order valence-electron chi connectivity index (χ3n) is 7.84. The zero-order valence-electron chi connectivity index (χ0n) is 24.5. The first-order chi connectivity index (χ1) is 20.8. The van der Waals surface area contributed by atoms with Gasteiger partial charge >= 0.3 is 6.18 Å². The van der Waals surface area contributed by atoms with Gasteiger partial charge in [0.25, 0.3) is 10.0 Å². The van der Waals surface area contributed by atoms with Gasteiger partial charge in [-0.3, -0.25) is 13.9 Å².